The molecule has 0 radical (unpaired) electrons. The quantitative estimate of drug-likeness (QED) is 0.295. The van der Waals surface area contributed by atoms with Crippen LogP contribution in [0.25, 0.3) is 10.9 Å². The van der Waals surface area contributed by atoms with Gasteiger partial charge in [0, 0.05) is 23.3 Å². The standard InChI is InChI=1S/C25H25Cl2N/c1-4-9-19(10-5-2)17(3)20-13-14-23-21(16-20)24(26)22(25(27)28-23)15-18-11-7-6-8-12-18/h4,6-14,16-17H,5,15H2,1-3H3/b9-4-,19-10+. The molecule has 0 saturated heterocycles. The highest BCUT2D eigenvalue weighted by Gasteiger charge is 2.16. The van der Waals surface area contributed by atoms with Crippen LogP contribution in [-0.2, 0) is 6.42 Å². The van der Waals surface area contributed by atoms with Crippen molar-refractivity contribution in [2.24, 2.45) is 0 Å². The highest BCUT2D eigenvalue weighted by Crippen LogP contribution is 2.35. The number of aromatic nitrogens is 1. The van der Waals surface area contributed by atoms with Crippen molar-refractivity contribution in [2.45, 2.75) is 39.5 Å². The minimum Gasteiger partial charge on any atom is -0.236 e. The molecule has 0 amide bonds. The van der Waals surface area contributed by atoms with Gasteiger partial charge >= 0.3 is 0 Å². The molecule has 1 aromatic heterocycles. The van der Waals surface area contributed by atoms with Gasteiger partial charge in [0.05, 0.1) is 10.5 Å². The zero-order chi connectivity index (χ0) is 20.1. The number of nitrogens with zero attached hydrogens (tertiary/aromatic N) is 1. The molecule has 0 aliphatic rings. The maximum absolute atomic E-state index is 6.82. The van der Waals surface area contributed by atoms with E-state index in [4.69, 9.17) is 23.2 Å². The molecule has 0 aliphatic heterocycles. The highest BCUT2D eigenvalue weighted by molar-refractivity contribution is 6.39. The lowest BCUT2D eigenvalue weighted by molar-refractivity contribution is 0.911. The summed E-state index contributed by atoms with van der Waals surface area (Å²) in [5, 5.41) is 2.13. The number of pyridine rings is 1. The Kier molecular flexibility index (Phi) is 6.93. The Labute approximate surface area is 177 Å². The molecule has 1 nitrogen and oxygen atoms in total. The maximum atomic E-state index is 6.82. The van der Waals surface area contributed by atoms with E-state index in [1.165, 1.54) is 16.7 Å². The number of allylic oxidation sites excluding steroid dienone is 4. The van der Waals surface area contributed by atoms with Gasteiger partial charge in [-0.1, -0.05) is 91.7 Å². The average Bonchev–Trinajstić information content (AvgIpc) is 2.71. The third-order valence-electron chi connectivity index (χ3n) is 5.01. The van der Waals surface area contributed by atoms with Crippen LogP contribution in [0.1, 0.15) is 49.8 Å². The predicted octanol–water partition coefficient (Wildman–Crippen LogP) is 8.15. The van der Waals surface area contributed by atoms with Crippen LogP contribution in [0, 0.1) is 0 Å². The van der Waals surface area contributed by atoms with E-state index in [0.717, 1.165) is 22.9 Å². The first kappa shape index (κ1) is 20.6. The largest absolute Gasteiger partial charge is 0.236 e. The van der Waals surface area contributed by atoms with E-state index < -0.39 is 0 Å². The lowest BCUT2D eigenvalue weighted by Gasteiger charge is -2.16. The zero-order valence-corrected chi connectivity index (χ0v) is 18.1. The van der Waals surface area contributed by atoms with E-state index in [2.05, 4.69) is 68.2 Å². The smallest absolute Gasteiger partial charge is 0.134 e. The molecule has 1 heterocycles. The second-order valence-corrected chi connectivity index (χ2v) is 7.70. The minimum atomic E-state index is 0.282. The predicted molar refractivity (Wildman–Crippen MR) is 123 cm³/mol. The average molecular weight is 410 g/mol. The van der Waals surface area contributed by atoms with Crippen LogP contribution < -0.4 is 0 Å². The molecule has 0 fully saturated rings. The van der Waals surface area contributed by atoms with Crippen molar-refractivity contribution >= 4 is 34.1 Å². The van der Waals surface area contributed by atoms with Crippen LogP contribution in [0.4, 0.5) is 0 Å². The third kappa shape index (κ3) is 4.48. The van der Waals surface area contributed by atoms with E-state index in [1.807, 2.05) is 24.3 Å². The highest BCUT2D eigenvalue weighted by atomic mass is 35.5. The van der Waals surface area contributed by atoms with Gasteiger partial charge in [-0.2, -0.15) is 0 Å². The summed E-state index contributed by atoms with van der Waals surface area (Å²) in [6.45, 7) is 6.44. The number of fused-ring (bicyclic) bond motifs is 1. The van der Waals surface area contributed by atoms with Crippen LogP contribution in [0.5, 0.6) is 0 Å². The fourth-order valence-corrected chi connectivity index (χ4v) is 4.09. The molecule has 144 valence electrons. The Bertz CT molecular complexity index is 1020. The van der Waals surface area contributed by atoms with Crippen molar-refractivity contribution in [3.63, 3.8) is 0 Å². The van der Waals surface area contributed by atoms with Crippen LogP contribution in [0.2, 0.25) is 10.2 Å². The Morgan fingerprint density at radius 1 is 1.11 bits per heavy atom. The van der Waals surface area contributed by atoms with Gasteiger partial charge in [0.25, 0.3) is 0 Å². The molecule has 0 N–H and O–H groups in total. The number of rotatable bonds is 6. The van der Waals surface area contributed by atoms with Crippen LogP contribution in [0.3, 0.4) is 0 Å². The normalized spacial score (nSPS) is 13.4. The molecule has 1 unspecified atom stereocenters. The van der Waals surface area contributed by atoms with Gasteiger partial charge in [0.1, 0.15) is 5.15 Å². The second-order valence-electron chi connectivity index (χ2n) is 6.97. The molecule has 3 aromatic rings. The van der Waals surface area contributed by atoms with Crippen molar-refractivity contribution in [1.29, 1.82) is 0 Å². The van der Waals surface area contributed by atoms with Crippen molar-refractivity contribution in [2.75, 3.05) is 0 Å². The summed E-state index contributed by atoms with van der Waals surface area (Å²) in [6.07, 6.45) is 8.22. The fourth-order valence-electron chi connectivity index (χ4n) is 3.48. The second kappa shape index (κ2) is 9.41. The van der Waals surface area contributed by atoms with Crippen molar-refractivity contribution < 1.29 is 0 Å². The molecule has 0 bridgehead atoms. The van der Waals surface area contributed by atoms with E-state index >= 15 is 0 Å². The Morgan fingerprint density at radius 3 is 2.54 bits per heavy atom. The molecule has 0 spiro atoms. The summed E-state index contributed by atoms with van der Waals surface area (Å²) in [5.41, 5.74) is 5.41. The SMILES string of the molecule is C/C=C\C(=C/CC)C(C)c1ccc2nc(Cl)c(Cc3ccccc3)c(Cl)c2c1. The van der Waals surface area contributed by atoms with Crippen LogP contribution in [-0.4, -0.2) is 4.98 Å². The lowest BCUT2D eigenvalue weighted by atomic mass is 9.90. The van der Waals surface area contributed by atoms with Gasteiger partial charge in [0.2, 0.25) is 0 Å². The fraction of sp³-hybridized carbons (Fsp3) is 0.240. The summed E-state index contributed by atoms with van der Waals surface area (Å²) in [5.74, 6) is 0.282. The molecular formula is C25H25Cl2N. The summed E-state index contributed by atoms with van der Waals surface area (Å²) < 4.78 is 0. The molecule has 3 heteroatoms. The Hall–Kier alpha value is -2.09. The van der Waals surface area contributed by atoms with E-state index in [1.54, 1.807) is 0 Å². The summed E-state index contributed by atoms with van der Waals surface area (Å²) >= 11 is 13.3. The van der Waals surface area contributed by atoms with Gasteiger partial charge in [0.15, 0.2) is 0 Å². The molecule has 28 heavy (non-hydrogen) atoms. The molecule has 1 atom stereocenters. The Balaban J connectivity index is 2.06. The molecule has 0 aliphatic carbocycles. The number of hydrogen-bond donors (Lipinski definition) is 0. The number of hydrogen-bond acceptors (Lipinski definition) is 1. The van der Waals surface area contributed by atoms with Crippen LogP contribution >= 0.6 is 23.2 Å². The first-order valence-electron chi connectivity index (χ1n) is 9.69. The lowest BCUT2D eigenvalue weighted by Crippen LogP contribution is -1.99. The zero-order valence-electron chi connectivity index (χ0n) is 16.5. The minimum absolute atomic E-state index is 0.282. The third-order valence-corrected chi connectivity index (χ3v) is 5.76. The maximum Gasteiger partial charge on any atom is 0.134 e. The number of halogens is 2. The van der Waals surface area contributed by atoms with Crippen molar-refractivity contribution in [1.82, 2.24) is 4.98 Å². The monoisotopic (exact) mass is 409 g/mol. The van der Waals surface area contributed by atoms with E-state index in [0.29, 0.717) is 16.6 Å². The summed E-state index contributed by atoms with van der Waals surface area (Å²) in [7, 11) is 0. The topological polar surface area (TPSA) is 12.9 Å². The van der Waals surface area contributed by atoms with E-state index in [9.17, 15) is 0 Å². The molecular weight excluding hydrogens is 385 g/mol. The van der Waals surface area contributed by atoms with Crippen molar-refractivity contribution in [3.8, 4) is 0 Å². The summed E-state index contributed by atoms with van der Waals surface area (Å²) in [4.78, 5) is 4.60. The first-order chi connectivity index (χ1) is 13.5. The summed E-state index contributed by atoms with van der Waals surface area (Å²) in [6, 6.07) is 16.5. The number of benzene rings is 2. The van der Waals surface area contributed by atoms with Gasteiger partial charge in [-0.15, -0.1) is 0 Å². The molecule has 3 rings (SSSR count). The van der Waals surface area contributed by atoms with Gasteiger partial charge in [-0.25, -0.2) is 4.98 Å². The van der Waals surface area contributed by atoms with Gasteiger partial charge in [-0.3, -0.25) is 0 Å². The first-order valence-corrected chi connectivity index (χ1v) is 10.4. The molecule has 2 aromatic carbocycles. The van der Waals surface area contributed by atoms with Gasteiger partial charge < -0.3 is 0 Å². The van der Waals surface area contributed by atoms with Gasteiger partial charge in [-0.05, 0) is 42.2 Å². The van der Waals surface area contributed by atoms with E-state index in [-0.39, 0.29) is 5.92 Å². The van der Waals surface area contributed by atoms with Crippen LogP contribution in [0.15, 0.2) is 72.3 Å². The Morgan fingerprint density at radius 2 is 1.86 bits per heavy atom. The van der Waals surface area contributed by atoms with Crippen molar-refractivity contribution in [3.05, 3.63) is 99.2 Å². The molecule has 0 saturated carbocycles.